The third kappa shape index (κ3) is 8.03. The van der Waals surface area contributed by atoms with Gasteiger partial charge in [0, 0.05) is 58.9 Å². The predicted molar refractivity (Wildman–Crippen MR) is 158 cm³/mol. The maximum absolute atomic E-state index is 13.4. The molecule has 0 aromatic heterocycles. The van der Waals surface area contributed by atoms with Crippen molar-refractivity contribution in [3.63, 3.8) is 0 Å². The minimum Gasteiger partial charge on any atom is -0.379 e. The Balaban J connectivity index is 1.18. The number of rotatable bonds is 11. The van der Waals surface area contributed by atoms with Crippen molar-refractivity contribution in [2.24, 2.45) is 0 Å². The normalized spacial score (nSPS) is 16.6. The minimum absolute atomic E-state index is 0.0226. The number of piperazine rings is 1. The molecule has 2 fully saturated rings. The summed E-state index contributed by atoms with van der Waals surface area (Å²) in [5.74, 6) is 0.0852. The molecule has 2 N–H and O–H groups in total. The Bertz CT molecular complexity index is 1250. The Labute approximate surface area is 237 Å². The molecule has 0 radical (unpaired) electrons. The second-order valence-electron chi connectivity index (χ2n) is 10.7. The van der Waals surface area contributed by atoms with Gasteiger partial charge < -0.3 is 20.3 Å². The summed E-state index contributed by atoms with van der Waals surface area (Å²) < 4.78 is 5.48. The first-order valence-electron chi connectivity index (χ1n) is 14.5. The summed E-state index contributed by atoms with van der Waals surface area (Å²) in [7, 11) is 0. The lowest BCUT2D eigenvalue weighted by Crippen LogP contribution is -2.47. The van der Waals surface area contributed by atoms with Gasteiger partial charge in [-0.25, -0.2) is 4.79 Å². The number of morpholine rings is 1. The van der Waals surface area contributed by atoms with Gasteiger partial charge in [0.15, 0.2) is 0 Å². The molecule has 2 heterocycles. The van der Waals surface area contributed by atoms with Gasteiger partial charge in [-0.05, 0) is 40.3 Å². The monoisotopic (exact) mass is 543 g/mol. The Kier molecular flexibility index (Phi) is 10.0. The maximum atomic E-state index is 13.4. The molecule has 3 aromatic rings. The van der Waals surface area contributed by atoms with Crippen LogP contribution in [0.5, 0.6) is 0 Å². The van der Waals surface area contributed by atoms with Crippen LogP contribution < -0.4 is 10.6 Å². The van der Waals surface area contributed by atoms with E-state index in [1.54, 1.807) is 0 Å². The zero-order valence-corrected chi connectivity index (χ0v) is 23.3. The fraction of sp³-hybridized carbons (Fsp3) is 0.438. The molecule has 0 saturated carbocycles. The first-order valence-corrected chi connectivity index (χ1v) is 14.5. The summed E-state index contributed by atoms with van der Waals surface area (Å²) >= 11 is 0. The van der Waals surface area contributed by atoms with Gasteiger partial charge in [0.05, 0.1) is 19.8 Å². The largest absolute Gasteiger partial charge is 0.379 e. The van der Waals surface area contributed by atoms with Crippen molar-refractivity contribution in [2.75, 3.05) is 65.6 Å². The number of nitrogens with zero attached hydrogens (tertiary/aromatic N) is 3. The third-order valence-electron chi connectivity index (χ3n) is 7.76. The number of benzene rings is 3. The SMILES string of the molecule is O=C1CN(Cc2ccc(CN(CCCN3CCOCC3)C(=O)NCCc3cccc4ccccc34)cc2)CCN1. The number of carbonyl (C=O) groups excluding carboxylic acids is 2. The van der Waals surface area contributed by atoms with E-state index in [0.717, 1.165) is 64.3 Å². The van der Waals surface area contributed by atoms with Gasteiger partial charge in [-0.15, -0.1) is 0 Å². The zero-order valence-electron chi connectivity index (χ0n) is 23.3. The molecule has 0 atom stereocenters. The van der Waals surface area contributed by atoms with Crippen molar-refractivity contribution < 1.29 is 14.3 Å². The first-order chi connectivity index (χ1) is 19.6. The second kappa shape index (κ2) is 14.3. The lowest BCUT2D eigenvalue weighted by molar-refractivity contribution is -0.124. The number of nitrogens with one attached hydrogen (secondary N) is 2. The molecule has 2 aliphatic rings. The maximum Gasteiger partial charge on any atom is 0.317 e. The van der Waals surface area contributed by atoms with E-state index in [-0.39, 0.29) is 11.9 Å². The van der Waals surface area contributed by atoms with Gasteiger partial charge in [-0.3, -0.25) is 14.6 Å². The van der Waals surface area contributed by atoms with E-state index >= 15 is 0 Å². The van der Waals surface area contributed by atoms with E-state index in [9.17, 15) is 9.59 Å². The van der Waals surface area contributed by atoms with Crippen LogP contribution in [0.1, 0.15) is 23.1 Å². The quantitative estimate of drug-likeness (QED) is 0.388. The lowest BCUT2D eigenvalue weighted by Gasteiger charge is -2.29. The van der Waals surface area contributed by atoms with Crippen LogP contribution >= 0.6 is 0 Å². The molecule has 0 bridgehead atoms. The second-order valence-corrected chi connectivity index (χ2v) is 10.7. The summed E-state index contributed by atoms with van der Waals surface area (Å²) in [6, 6.07) is 23.2. The molecule has 5 rings (SSSR count). The van der Waals surface area contributed by atoms with Crippen LogP contribution in [0.3, 0.4) is 0 Å². The van der Waals surface area contributed by atoms with Gasteiger partial charge in [0.25, 0.3) is 0 Å². The molecule has 212 valence electrons. The van der Waals surface area contributed by atoms with Crippen LogP contribution in [-0.4, -0.2) is 92.2 Å². The number of carbonyl (C=O) groups is 2. The molecular weight excluding hydrogens is 502 g/mol. The van der Waals surface area contributed by atoms with Gasteiger partial charge in [0.2, 0.25) is 5.91 Å². The van der Waals surface area contributed by atoms with Gasteiger partial charge in [0.1, 0.15) is 0 Å². The van der Waals surface area contributed by atoms with E-state index in [4.69, 9.17) is 4.74 Å². The Morgan fingerprint density at radius 2 is 1.70 bits per heavy atom. The standard InChI is InChI=1S/C32H41N5O3/c38-31-25-36(18-15-33-31)23-26-9-11-27(12-10-26)24-37(17-4-16-35-19-21-40-22-20-35)32(39)34-14-13-29-7-3-6-28-5-1-2-8-30(28)29/h1-3,5-12H,4,13-25H2,(H,33,38)(H,34,39). The molecule has 0 aliphatic carbocycles. The molecule has 8 heteroatoms. The molecule has 8 nitrogen and oxygen atoms in total. The van der Waals surface area contributed by atoms with Crippen molar-refractivity contribution in [1.29, 1.82) is 0 Å². The fourth-order valence-corrected chi connectivity index (χ4v) is 5.54. The number of urea groups is 1. The van der Waals surface area contributed by atoms with E-state index in [1.165, 1.54) is 21.9 Å². The first kappa shape index (κ1) is 28.1. The Hall–Kier alpha value is -3.46. The minimum atomic E-state index is -0.0226. The Morgan fingerprint density at radius 1 is 0.925 bits per heavy atom. The van der Waals surface area contributed by atoms with Crippen LogP contribution in [0.4, 0.5) is 4.79 Å². The van der Waals surface area contributed by atoms with Crippen molar-refractivity contribution in [1.82, 2.24) is 25.3 Å². The number of hydrogen-bond donors (Lipinski definition) is 2. The highest BCUT2D eigenvalue weighted by Crippen LogP contribution is 2.19. The molecule has 3 aromatic carbocycles. The number of ether oxygens (including phenoxy) is 1. The topological polar surface area (TPSA) is 77.2 Å². The van der Waals surface area contributed by atoms with Gasteiger partial charge >= 0.3 is 6.03 Å². The predicted octanol–water partition coefficient (Wildman–Crippen LogP) is 3.25. The summed E-state index contributed by atoms with van der Waals surface area (Å²) in [6.45, 7) is 9.06. The number of amides is 3. The van der Waals surface area contributed by atoms with E-state index in [1.807, 2.05) is 4.90 Å². The van der Waals surface area contributed by atoms with E-state index < -0.39 is 0 Å². The zero-order chi connectivity index (χ0) is 27.6. The highest BCUT2D eigenvalue weighted by molar-refractivity contribution is 5.85. The number of fused-ring (bicyclic) bond motifs is 1. The summed E-state index contributed by atoms with van der Waals surface area (Å²) in [6.07, 6.45) is 1.71. The molecule has 2 aliphatic heterocycles. The van der Waals surface area contributed by atoms with Crippen molar-refractivity contribution in [3.8, 4) is 0 Å². The van der Waals surface area contributed by atoms with Crippen LogP contribution in [0.25, 0.3) is 10.8 Å². The van der Waals surface area contributed by atoms with Crippen LogP contribution in [0.15, 0.2) is 66.7 Å². The molecule has 0 spiro atoms. The van der Waals surface area contributed by atoms with E-state index in [0.29, 0.717) is 32.7 Å². The Morgan fingerprint density at radius 3 is 2.52 bits per heavy atom. The highest BCUT2D eigenvalue weighted by atomic mass is 16.5. The van der Waals surface area contributed by atoms with Crippen molar-refractivity contribution in [2.45, 2.75) is 25.9 Å². The highest BCUT2D eigenvalue weighted by Gasteiger charge is 2.18. The summed E-state index contributed by atoms with van der Waals surface area (Å²) in [4.78, 5) is 31.6. The van der Waals surface area contributed by atoms with Crippen LogP contribution in [-0.2, 0) is 29.0 Å². The van der Waals surface area contributed by atoms with Crippen molar-refractivity contribution >= 4 is 22.7 Å². The fourth-order valence-electron chi connectivity index (χ4n) is 5.54. The third-order valence-corrected chi connectivity index (χ3v) is 7.76. The number of hydrogen-bond acceptors (Lipinski definition) is 5. The van der Waals surface area contributed by atoms with Crippen LogP contribution in [0.2, 0.25) is 0 Å². The molecule has 0 unspecified atom stereocenters. The summed E-state index contributed by atoms with van der Waals surface area (Å²) in [5.41, 5.74) is 3.53. The average Bonchev–Trinajstić information content (AvgIpc) is 2.98. The van der Waals surface area contributed by atoms with Crippen molar-refractivity contribution in [3.05, 3.63) is 83.4 Å². The lowest BCUT2D eigenvalue weighted by atomic mass is 10.0. The average molecular weight is 544 g/mol. The smallest absolute Gasteiger partial charge is 0.317 e. The van der Waals surface area contributed by atoms with E-state index in [2.05, 4.69) is 87.2 Å². The molecule has 40 heavy (non-hydrogen) atoms. The molecule has 3 amide bonds. The molecule has 2 saturated heterocycles. The van der Waals surface area contributed by atoms with Crippen LogP contribution in [0, 0.1) is 0 Å². The molecular formula is C32H41N5O3. The van der Waals surface area contributed by atoms with Gasteiger partial charge in [-0.2, -0.15) is 0 Å². The van der Waals surface area contributed by atoms with Gasteiger partial charge in [-0.1, -0.05) is 66.7 Å². The summed E-state index contributed by atoms with van der Waals surface area (Å²) in [5, 5.41) is 8.53.